The minimum Gasteiger partial charge on any atom is -0.493 e. The van der Waals surface area contributed by atoms with Gasteiger partial charge in [0.25, 0.3) is 0 Å². The number of ether oxygens (including phenoxy) is 2. The number of H-pyrrole nitrogens is 1. The van der Waals surface area contributed by atoms with Gasteiger partial charge in [0.05, 0.1) is 19.9 Å². The maximum atomic E-state index is 6.10. The molecular weight excluding hydrogens is 348 g/mol. The molecule has 0 saturated heterocycles. The van der Waals surface area contributed by atoms with Crippen molar-refractivity contribution in [3.05, 3.63) is 63.8 Å². The van der Waals surface area contributed by atoms with Crippen molar-refractivity contribution in [3.8, 4) is 22.8 Å². The number of nitrogens with one attached hydrogen (secondary N) is 1. The third-order valence-corrected chi connectivity index (χ3v) is 5.38. The van der Waals surface area contributed by atoms with E-state index in [2.05, 4.69) is 29.3 Å². The summed E-state index contributed by atoms with van der Waals surface area (Å²) in [4.78, 5) is 0. The van der Waals surface area contributed by atoms with Gasteiger partial charge >= 0.3 is 0 Å². The summed E-state index contributed by atoms with van der Waals surface area (Å²) in [6.45, 7) is 2.22. The number of nitrogens with zero attached hydrogens (tertiary/aromatic N) is 1. The predicted molar refractivity (Wildman–Crippen MR) is 104 cm³/mol. The summed E-state index contributed by atoms with van der Waals surface area (Å²) >= 11 is 6.10. The quantitative estimate of drug-likeness (QED) is 0.689. The number of hydrogen-bond acceptors (Lipinski definition) is 3. The van der Waals surface area contributed by atoms with E-state index in [0.29, 0.717) is 0 Å². The first kappa shape index (κ1) is 17.0. The molecule has 1 N–H and O–H groups in total. The van der Waals surface area contributed by atoms with Gasteiger partial charge in [-0.3, -0.25) is 5.10 Å². The van der Waals surface area contributed by atoms with Gasteiger partial charge < -0.3 is 9.47 Å². The predicted octanol–water partition coefficient (Wildman–Crippen LogP) is 5.00. The lowest BCUT2D eigenvalue weighted by atomic mass is 9.96. The van der Waals surface area contributed by atoms with Gasteiger partial charge in [-0.2, -0.15) is 5.10 Å². The van der Waals surface area contributed by atoms with E-state index in [4.69, 9.17) is 21.1 Å². The molecule has 0 fully saturated rings. The van der Waals surface area contributed by atoms with Gasteiger partial charge in [-0.05, 0) is 48.2 Å². The molecule has 0 aliphatic heterocycles. The zero-order chi connectivity index (χ0) is 18.3. The summed E-state index contributed by atoms with van der Waals surface area (Å²) in [5, 5.41) is 8.62. The van der Waals surface area contributed by atoms with Crippen LogP contribution in [0.1, 0.15) is 35.2 Å². The van der Waals surface area contributed by atoms with Crippen molar-refractivity contribution in [1.29, 1.82) is 0 Å². The highest BCUT2D eigenvalue weighted by Crippen LogP contribution is 2.49. The Hall–Kier alpha value is -2.46. The summed E-state index contributed by atoms with van der Waals surface area (Å²) in [7, 11) is 3.32. The van der Waals surface area contributed by atoms with E-state index in [1.54, 1.807) is 14.2 Å². The average molecular weight is 369 g/mol. The van der Waals surface area contributed by atoms with Gasteiger partial charge in [-0.25, -0.2) is 0 Å². The number of hydrogen-bond donors (Lipinski definition) is 1. The molecule has 134 valence electrons. The Morgan fingerprint density at radius 1 is 1.08 bits per heavy atom. The van der Waals surface area contributed by atoms with E-state index in [1.807, 2.05) is 24.3 Å². The fourth-order valence-corrected chi connectivity index (χ4v) is 4.04. The highest BCUT2D eigenvalue weighted by atomic mass is 35.5. The number of benzene rings is 2. The standard InChI is InChI=1S/C21H21ClN2O2/c1-12-15-10-18(25-2)19(26-3)11-16(15)21-20(12)17(23-24-21)8-7-13-5-4-6-14(22)9-13/h4-6,9-12H,7-8H2,1-3H3,(H,23,24). The summed E-state index contributed by atoms with van der Waals surface area (Å²) in [6.07, 6.45) is 1.82. The van der Waals surface area contributed by atoms with Crippen LogP contribution in [0.3, 0.4) is 0 Å². The first-order chi connectivity index (χ1) is 12.6. The van der Waals surface area contributed by atoms with E-state index in [1.165, 1.54) is 22.4 Å². The van der Waals surface area contributed by atoms with Crippen LogP contribution in [-0.4, -0.2) is 24.4 Å². The third-order valence-electron chi connectivity index (χ3n) is 5.15. The molecule has 4 rings (SSSR count). The molecule has 0 radical (unpaired) electrons. The van der Waals surface area contributed by atoms with Crippen molar-refractivity contribution in [3.63, 3.8) is 0 Å². The topological polar surface area (TPSA) is 47.1 Å². The van der Waals surface area contributed by atoms with Crippen LogP contribution in [0.4, 0.5) is 0 Å². The lowest BCUT2D eigenvalue weighted by Gasteiger charge is -2.13. The second kappa shape index (κ2) is 6.69. The Balaban J connectivity index is 1.66. The van der Waals surface area contributed by atoms with Crippen molar-refractivity contribution >= 4 is 11.6 Å². The van der Waals surface area contributed by atoms with Crippen LogP contribution in [0.2, 0.25) is 5.02 Å². The fourth-order valence-electron chi connectivity index (χ4n) is 3.82. The van der Waals surface area contributed by atoms with Crippen LogP contribution in [-0.2, 0) is 12.8 Å². The average Bonchev–Trinajstić information content (AvgIpc) is 3.19. The number of fused-ring (bicyclic) bond motifs is 3. The monoisotopic (exact) mass is 368 g/mol. The highest BCUT2D eigenvalue weighted by molar-refractivity contribution is 6.30. The molecule has 0 spiro atoms. The molecule has 3 aromatic rings. The molecule has 1 aromatic heterocycles. The number of halogens is 1. The minimum atomic E-state index is 0.271. The van der Waals surface area contributed by atoms with Crippen LogP contribution >= 0.6 is 11.6 Å². The van der Waals surface area contributed by atoms with Crippen molar-refractivity contribution in [2.24, 2.45) is 0 Å². The van der Waals surface area contributed by atoms with E-state index in [0.717, 1.165) is 40.6 Å². The maximum absolute atomic E-state index is 6.10. The molecule has 1 aliphatic carbocycles. The Kier molecular flexibility index (Phi) is 4.37. The fraction of sp³-hybridized carbons (Fsp3) is 0.286. The van der Waals surface area contributed by atoms with Gasteiger partial charge in [0.15, 0.2) is 11.5 Å². The van der Waals surface area contributed by atoms with E-state index < -0.39 is 0 Å². The SMILES string of the molecule is COc1cc2c(cc1OC)C(C)c1c-2n[nH]c1CCc1cccc(Cl)c1. The highest BCUT2D eigenvalue weighted by Gasteiger charge is 2.32. The number of methoxy groups -OCH3 is 2. The molecule has 0 bridgehead atoms. The molecule has 0 saturated carbocycles. The Labute approximate surface area is 158 Å². The van der Waals surface area contributed by atoms with Crippen LogP contribution in [0.5, 0.6) is 11.5 Å². The van der Waals surface area contributed by atoms with E-state index in [-0.39, 0.29) is 5.92 Å². The second-order valence-electron chi connectivity index (χ2n) is 6.61. The van der Waals surface area contributed by atoms with Crippen molar-refractivity contribution in [2.45, 2.75) is 25.7 Å². The smallest absolute Gasteiger partial charge is 0.161 e. The second-order valence-corrected chi connectivity index (χ2v) is 7.05. The minimum absolute atomic E-state index is 0.271. The maximum Gasteiger partial charge on any atom is 0.161 e. The summed E-state index contributed by atoms with van der Waals surface area (Å²) in [5.74, 6) is 1.76. The Morgan fingerprint density at radius 2 is 1.85 bits per heavy atom. The molecule has 4 nitrogen and oxygen atoms in total. The normalized spacial score (nSPS) is 14.8. The van der Waals surface area contributed by atoms with E-state index in [9.17, 15) is 0 Å². The zero-order valence-corrected chi connectivity index (χ0v) is 15.9. The molecular formula is C21H21ClN2O2. The first-order valence-corrected chi connectivity index (χ1v) is 9.08. The largest absolute Gasteiger partial charge is 0.493 e. The zero-order valence-electron chi connectivity index (χ0n) is 15.1. The van der Waals surface area contributed by atoms with Crippen molar-refractivity contribution < 1.29 is 9.47 Å². The molecule has 0 amide bonds. The van der Waals surface area contributed by atoms with Gasteiger partial charge in [0, 0.05) is 27.8 Å². The summed E-state index contributed by atoms with van der Waals surface area (Å²) in [6, 6.07) is 12.1. The Morgan fingerprint density at radius 3 is 2.58 bits per heavy atom. The van der Waals surface area contributed by atoms with Gasteiger partial charge in [0.1, 0.15) is 0 Å². The number of aryl methyl sites for hydroxylation is 2. The molecule has 2 aromatic carbocycles. The van der Waals surface area contributed by atoms with Gasteiger partial charge in [-0.1, -0.05) is 30.7 Å². The first-order valence-electron chi connectivity index (χ1n) is 8.70. The lowest BCUT2D eigenvalue weighted by Crippen LogP contribution is -2.00. The lowest BCUT2D eigenvalue weighted by molar-refractivity contribution is 0.354. The molecule has 1 unspecified atom stereocenters. The molecule has 1 heterocycles. The van der Waals surface area contributed by atoms with Crippen LogP contribution < -0.4 is 9.47 Å². The van der Waals surface area contributed by atoms with Gasteiger partial charge in [-0.15, -0.1) is 0 Å². The third kappa shape index (κ3) is 2.74. The Bertz CT molecular complexity index is 965. The number of rotatable bonds is 5. The summed E-state index contributed by atoms with van der Waals surface area (Å²) in [5.41, 5.74) is 7.06. The number of aromatic nitrogens is 2. The van der Waals surface area contributed by atoms with Crippen LogP contribution in [0.25, 0.3) is 11.3 Å². The molecule has 26 heavy (non-hydrogen) atoms. The molecule has 1 aliphatic rings. The van der Waals surface area contributed by atoms with Crippen LogP contribution in [0.15, 0.2) is 36.4 Å². The van der Waals surface area contributed by atoms with E-state index >= 15 is 0 Å². The van der Waals surface area contributed by atoms with Gasteiger partial charge in [0.2, 0.25) is 0 Å². The molecule has 5 heteroatoms. The van der Waals surface area contributed by atoms with Crippen molar-refractivity contribution in [2.75, 3.05) is 14.2 Å². The molecule has 1 atom stereocenters. The summed E-state index contributed by atoms with van der Waals surface area (Å²) < 4.78 is 10.9. The van der Waals surface area contributed by atoms with Crippen LogP contribution in [0, 0.1) is 0 Å². The number of aromatic amines is 1. The van der Waals surface area contributed by atoms with Crippen molar-refractivity contribution in [1.82, 2.24) is 10.2 Å².